The van der Waals surface area contributed by atoms with Crippen molar-refractivity contribution in [1.82, 2.24) is 0 Å². The van der Waals surface area contributed by atoms with Gasteiger partial charge in [0.15, 0.2) is 0 Å². The molecule has 168 valence electrons. The first-order chi connectivity index (χ1) is 14.1. The van der Waals surface area contributed by atoms with Gasteiger partial charge < -0.3 is 0 Å². The molecule has 0 spiro atoms. The summed E-state index contributed by atoms with van der Waals surface area (Å²) in [5, 5.41) is -0.672. The van der Waals surface area contributed by atoms with Crippen molar-refractivity contribution in [3.63, 3.8) is 0 Å². The second kappa shape index (κ2) is 7.68. The number of nitrogens with one attached hydrogen (secondary N) is 1. The SMILES string of the molecule is Cc1cc(N2C(=O)CCS2(=O)=O)cc(C)c1S(=O)(=O)Nc1ccc(C(F)(F)F)c(Cl)c1. The number of aryl methyl sites for hydroxylation is 2. The number of rotatable bonds is 4. The van der Waals surface area contributed by atoms with Crippen LogP contribution in [0.5, 0.6) is 0 Å². The molecule has 13 heteroatoms. The van der Waals surface area contributed by atoms with E-state index in [1.54, 1.807) is 0 Å². The van der Waals surface area contributed by atoms with Crippen LogP contribution in [0.25, 0.3) is 0 Å². The molecule has 2 aromatic rings. The summed E-state index contributed by atoms with van der Waals surface area (Å²) >= 11 is 5.64. The molecule has 0 bridgehead atoms. The van der Waals surface area contributed by atoms with E-state index in [0.717, 1.165) is 12.1 Å². The van der Waals surface area contributed by atoms with Crippen molar-refractivity contribution >= 4 is 48.9 Å². The maximum Gasteiger partial charge on any atom is 0.417 e. The molecular weight excluding hydrogens is 481 g/mol. The molecule has 2 aromatic carbocycles. The fourth-order valence-corrected chi connectivity index (χ4v) is 6.59. The van der Waals surface area contributed by atoms with Crippen molar-refractivity contribution in [2.24, 2.45) is 0 Å². The molecule has 0 aromatic heterocycles. The number of anilines is 2. The van der Waals surface area contributed by atoms with Crippen LogP contribution in [0.1, 0.15) is 23.1 Å². The number of hydrogen-bond acceptors (Lipinski definition) is 5. The fraction of sp³-hybridized carbons (Fsp3) is 0.278. The van der Waals surface area contributed by atoms with E-state index in [1.165, 1.54) is 26.0 Å². The number of benzene rings is 2. The third-order valence-corrected chi connectivity index (χ3v) is 8.24. The third kappa shape index (κ3) is 4.51. The molecule has 1 amide bonds. The van der Waals surface area contributed by atoms with Gasteiger partial charge in [0.2, 0.25) is 15.9 Å². The highest BCUT2D eigenvalue weighted by Gasteiger charge is 2.37. The van der Waals surface area contributed by atoms with E-state index in [2.05, 4.69) is 4.72 Å². The quantitative estimate of drug-likeness (QED) is 0.693. The van der Waals surface area contributed by atoms with Crippen LogP contribution in [0.4, 0.5) is 24.5 Å². The second-order valence-electron chi connectivity index (χ2n) is 6.93. The van der Waals surface area contributed by atoms with Crippen LogP contribution in [0.15, 0.2) is 35.2 Å². The van der Waals surface area contributed by atoms with E-state index in [-0.39, 0.29) is 39.6 Å². The molecule has 1 fully saturated rings. The lowest BCUT2D eigenvalue weighted by Gasteiger charge is -2.19. The Balaban J connectivity index is 1.99. The fourth-order valence-electron chi connectivity index (χ4n) is 3.35. The highest BCUT2D eigenvalue weighted by Crippen LogP contribution is 2.37. The second-order valence-corrected chi connectivity index (χ2v) is 10.9. The zero-order chi connectivity index (χ0) is 23.4. The molecule has 31 heavy (non-hydrogen) atoms. The number of carbonyl (C=O) groups excluding carboxylic acids is 1. The monoisotopic (exact) mass is 496 g/mol. The molecular formula is C18H16ClF3N2O5S2. The van der Waals surface area contributed by atoms with E-state index in [1.807, 2.05) is 0 Å². The molecule has 0 radical (unpaired) electrons. The van der Waals surface area contributed by atoms with Crippen molar-refractivity contribution in [3.8, 4) is 0 Å². The number of alkyl halides is 3. The van der Waals surface area contributed by atoms with Crippen molar-refractivity contribution in [2.45, 2.75) is 31.3 Å². The molecule has 1 aliphatic rings. The number of nitrogens with zero attached hydrogens (tertiary/aromatic N) is 1. The van der Waals surface area contributed by atoms with Gasteiger partial charge in [-0.05, 0) is 55.3 Å². The summed E-state index contributed by atoms with van der Waals surface area (Å²) in [6.45, 7) is 2.83. The Morgan fingerprint density at radius 3 is 2.13 bits per heavy atom. The number of halogens is 4. The Morgan fingerprint density at radius 2 is 1.68 bits per heavy atom. The zero-order valence-corrected chi connectivity index (χ0v) is 18.5. The highest BCUT2D eigenvalue weighted by atomic mass is 35.5. The summed E-state index contributed by atoms with van der Waals surface area (Å²) < 4.78 is 91.4. The number of hydrogen-bond donors (Lipinski definition) is 1. The van der Waals surface area contributed by atoms with Gasteiger partial charge in [-0.15, -0.1) is 0 Å². The molecule has 1 heterocycles. The smallest absolute Gasteiger partial charge is 0.280 e. The highest BCUT2D eigenvalue weighted by molar-refractivity contribution is 7.94. The molecule has 0 saturated carbocycles. The molecule has 1 aliphatic heterocycles. The van der Waals surface area contributed by atoms with Crippen LogP contribution in [0.2, 0.25) is 5.02 Å². The summed E-state index contributed by atoms with van der Waals surface area (Å²) in [6, 6.07) is 4.94. The molecule has 0 atom stereocenters. The molecule has 1 N–H and O–H groups in total. The summed E-state index contributed by atoms with van der Waals surface area (Å²) in [4.78, 5) is 11.8. The first-order valence-corrected chi connectivity index (χ1v) is 12.2. The van der Waals surface area contributed by atoms with Gasteiger partial charge in [-0.1, -0.05) is 11.6 Å². The van der Waals surface area contributed by atoms with Crippen LogP contribution in [-0.4, -0.2) is 28.5 Å². The van der Waals surface area contributed by atoms with E-state index < -0.39 is 42.7 Å². The first-order valence-electron chi connectivity index (χ1n) is 8.70. The van der Waals surface area contributed by atoms with Gasteiger partial charge in [-0.25, -0.2) is 21.1 Å². The van der Waals surface area contributed by atoms with Crippen molar-refractivity contribution in [2.75, 3.05) is 14.8 Å². The van der Waals surface area contributed by atoms with Crippen LogP contribution in [0.3, 0.4) is 0 Å². The van der Waals surface area contributed by atoms with E-state index >= 15 is 0 Å². The van der Waals surface area contributed by atoms with Gasteiger partial charge >= 0.3 is 6.18 Å². The Hall–Kier alpha value is -2.31. The summed E-state index contributed by atoms with van der Waals surface area (Å²) in [7, 11) is -8.09. The Kier molecular flexibility index (Phi) is 5.78. The minimum absolute atomic E-state index is 0.0222. The molecule has 1 saturated heterocycles. The largest absolute Gasteiger partial charge is 0.417 e. The minimum atomic E-state index is -4.69. The van der Waals surface area contributed by atoms with E-state index in [0.29, 0.717) is 10.4 Å². The van der Waals surface area contributed by atoms with Gasteiger partial charge in [0, 0.05) is 6.42 Å². The first kappa shape index (κ1) is 23.4. The number of amides is 1. The molecule has 3 rings (SSSR count). The molecule has 7 nitrogen and oxygen atoms in total. The normalized spacial score (nSPS) is 16.6. The van der Waals surface area contributed by atoms with Gasteiger partial charge in [0.1, 0.15) is 0 Å². The Bertz CT molecular complexity index is 1270. The maximum absolute atomic E-state index is 12.9. The Labute approximate surface area is 181 Å². The van der Waals surface area contributed by atoms with Crippen molar-refractivity contribution < 1.29 is 34.8 Å². The van der Waals surface area contributed by atoms with E-state index in [4.69, 9.17) is 11.6 Å². The van der Waals surface area contributed by atoms with E-state index in [9.17, 15) is 34.8 Å². The number of carbonyl (C=O) groups is 1. The van der Waals surface area contributed by atoms with Gasteiger partial charge in [0.25, 0.3) is 10.0 Å². The Morgan fingerprint density at radius 1 is 1.10 bits per heavy atom. The molecule has 0 unspecified atom stereocenters. The number of sulfonamides is 2. The third-order valence-electron chi connectivity index (χ3n) is 4.55. The lowest BCUT2D eigenvalue weighted by Crippen LogP contribution is -2.29. The standard InChI is InChI=1S/C18H16ClF3N2O5S2/c1-10-7-13(24-16(25)5-6-30(24,26)27)8-11(2)17(10)31(28,29)23-12-3-4-14(15(19)9-12)18(20,21)22/h3-4,7-9,23H,5-6H2,1-2H3. The maximum atomic E-state index is 12.9. The van der Waals surface area contributed by atoms with Crippen LogP contribution in [-0.2, 0) is 31.0 Å². The van der Waals surface area contributed by atoms with Gasteiger partial charge in [0.05, 0.1) is 32.6 Å². The zero-order valence-electron chi connectivity index (χ0n) is 16.1. The lowest BCUT2D eigenvalue weighted by atomic mass is 10.1. The van der Waals surface area contributed by atoms with Gasteiger partial charge in [-0.3, -0.25) is 9.52 Å². The topological polar surface area (TPSA) is 101 Å². The lowest BCUT2D eigenvalue weighted by molar-refractivity contribution is -0.137. The average molecular weight is 497 g/mol. The average Bonchev–Trinajstić information content (AvgIpc) is 2.85. The van der Waals surface area contributed by atoms with Crippen LogP contribution >= 0.6 is 11.6 Å². The summed E-state index contributed by atoms with van der Waals surface area (Å²) in [5.74, 6) is -0.952. The van der Waals surface area contributed by atoms with Crippen LogP contribution < -0.4 is 9.03 Å². The van der Waals surface area contributed by atoms with Crippen molar-refractivity contribution in [1.29, 1.82) is 0 Å². The molecule has 0 aliphatic carbocycles. The predicted octanol–water partition coefficient (Wildman–Crippen LogP) is 3.84. The van der Waals surface area contributed by atoms with Crippen LogP contribution in [0, 0.1) is 13.8 Å². The summed E-state index contributed by atoms with van der Waals surface area (Å²) in [5.41, 5.74) is -0.969. The van der Waals surface area contributed by atoms with Gasteiger partial charge in [-0.2, -0.15) is 13.2 Å². The minimum Gasteiger partial charge on any atom is -0.280 e. The van der Waals surface area contributed by atoms with Crippen molar-refractivity contribution in [3.05, 3.63) is 52.0 Å². The summed E-state index contributed by atoms with van der Waals surface area (Å²) in [6.07, 6.45) is -4.86. The predicted molar refractivity (Wildman–Crippen MR) is 109 cm³/mol.